The van der Waals surface area contributed by atoms with Gasteiger partial charge in [-0.25, -0.2) is 0 Å². The summed E-state index contributed by atoms with van der Waals surface area (Å²) >= 11 is 0. The van der Waals surface area contributed by atoms with Crippen LogP contribution in [0.4, 0.5) is 5.69 Å². The van der Waals surface area contributed by atoms with E-state index in [1.54, 1.807) is 17.2 Å². The normalized spacial score (nSPS) is 10.7. The molecule has 0 radical (unpaired) electrons. The molecule has 0 unspecified atom stereocenters. The van der Waals surface area contributed by atoms with Gasteiger partial charge in [0.25, 0.3) is 5.91 Å². The Labute approximate surface area is 112 Å². The average Bonchev–Trinajstić information content (AvgIpc) is 2.93. The summed E-state index contributed by atoms with van der Waals surface area (Å²) in [5, 5.41) is 6.52. The van der Waals surface area contributed by atoms with E-state index >= 15 is 0 Å². The first-order valence-corrected chi connectivity index (χ1v) is 6.25. The van der Waals surface area contributed by atoms with E-state index in [-0.39, 0.29) is 11.9 Å². The molecule has 3 N–H and O–H groups in total. The molecule has 100 valence electrons. The third kappa shape index (κ3) is 2.82. The summed E-state index contributed by atoms with van der Waals surface area (Å²) < 4.78 is 0. The molecule has 0 saturated heterocycles. The van der Waals surface area contributed by atoms with Gasteiger partial charge in [-0.3, -0.25) is 9.89 Å². The Hall–Kier alpha value is -2.14. The van der Waals surface area contributed by atoms with Gasteiger partial charge in [0.1, 0.15) is 5.69 Å². The van der Waals surface area contributed by atoms with Gasteiger partial charge in [-0.1, -0.05) is 12.1 Å². The summed E-state index contributed by atoms with van der Waals surface area (Å²) in [6, 6.07) is 9.42. The lowest BCUT2D eigenvalue weighted by Crippen LogP contribution is -2.37. The van der Waals surface area contributed by atoms with E-state index in [4.69, 9.17) is 5.73 Å². The molecule has 0 aliphatic rings. The summed E-state index contributed by atoms with van der Waals surface area (Å²) in [4.78, 5) is 14.2. The molecule has 0 aliphatic carbocycles. The molecule has 0 atom stereocenters. The highest BCUT2D eigenvalue weighted by atomic mass is 16.2. The van der Waals surface area contributed by atoms with Crippen molar-refractivity contribution in [2.45, 2.75) is 26.4 Å². The van der Waals surface area contributed by atoms with Gasteiger partial charge in [-0.15, -0.1) is 0 Å². The number of benzene rings is 1. The summed E-state index contributed by atoms with van der Waals surface area (Å²) in [5.74, 6) is -0.0898. The van der Waals surface area contributed by atoms with Crippen LogP contribution in [0.3, 0.4) is 0 Å². The van der Waals surface area contributed by atoms with Crippen LogP contribution in [0.1, 0.15) is 29.9 Å². The highest BCUT2D eigenvalue weighted by Gasteiger charge is 2.21. The highest BCUT2D eigenvalue weighted by Crippen LogP contribution is 2.20. The SMILES string of the molecule is CC(C)N(C(=O)c1ccn[nH]1)c1ccc(CN)cc1. The number of nitrogens with two attached hydrogens (primary N) is 1. The van der Waals surface area contributed by atoms with E-state index < -0.39 is 0 Å². The number of carbonyl (C=O) groups is 1. The predicted molar refractivity (Wildman–Crippen MR) is 74.9 cm³/mol. The predicted octanol–water partition coefficient (Wildman–Crippen LogP) is 1.92. The van der Waals surface area contributed by atoms with Gasteiger partial charge in [-0.2, -0.15) is 5.10 Å². The van der Waals surface area contributed by atoms with Crippen LogP contribution in [-0.4, -0.2) is 22.1 Å². The van der Waals surface area contributed by atoms with E-state index in [9.17, 15) is 4.79 Å². The minimum atomic E-state index is -0.0898. The zero-order valence-corrected chi connectivity index (χ0v) is 11.1. The summed E-state index contributed by atoms with van der Waals surface area (Å²) in [5.41, 5.74) is 7.96. The van der Waals surface area contributed by atoms with Crippen LogP contribution in [0.2, 0.25) is 0 Å². The summed E-state index contributed by atoms with van der Waals surface area (Å²) in [7, 11) is 0. The lowest BCUT2D eigenvalue weighted by Gasteiger charge is -2.26. The van der Waals surface area contributed by atoms with Gasteiger partial charge in [0.2, 0.25) is 0 Å². The number of aromatic amines is 1. The maximum atomic E-state index is 12.4. The Bertz CT molecular complexity index is 531. The topological polar surface area (TPSA) is 75.0 Å². The van der Waals surface area contributed by atoms with E-state index in [1.165, 1.54) is 0 Å². The third-order valence-electron chi connectivity index (χ3n) is 2.92. The number of H-pyrrole nitrogens is 1. The molecule has 5 nitrogen and oxygen atoms in total. The third-order valence-corrected chi connectivity index (χ3v) is 2.92. The van der Waals surface area contributed by atoms with Crippen molar-refractivity contribution in [2.24, 2.45) is 5.73 Å². The molecule has 0 bridgehead atoms. The summed E-state index contributed by atoms with van der Waals surface area (Å²) in [6.45, 7) is 4.45. The fourth-order valence-corrected chi connectivity index (χ4v) is 1.95. The monoisotopic (exact) mass is 258 g/mol. The Kier molecular flexibility index (Phi) is 3.97. The van der Waals surface area contributed by atoms with Crippen molar-refractivity contribution in [1.29, 1.82) is 0 Å². The van der Waals surface area contributed by atoms with Crippen molar-refractivity contribution >= 4 is 11.6 Å². The maximum Gasteiger partial charge on any atom is 0.276 e. The highest BCUT2D eigenvalue weighted by molar-refractivity contribution is 6.05. The molecular weight excluding hydrogens is 240 g/mol. The van der Waals surface area contributed by atoms with Crippen molar-refractivity contribution in [2.75, 3.05) is 4.90 Å². The standard InChI is InChI=1S/C14H18N4O/c1-10(2)18(14(19)13-7-8-16-17-13)12-5-3-11(9-15)4-6-12/h3-8,10H,9,15H2,1-2H3,(H,16,17). The molecular formula is C14H18N4O. The first-order chi connectivity index (χ1) is 9.13. The van der Waals surface area contributed by atoms with Crippen LogP contribution in [-0.2, 0) is 6.54 Å². The van der Waals surface area contributed by atoms with Crippen LogP contribution in [0.5, 0.6) is 0 Å². The van der Waals surface area contributed by atoms with Gasteiger partial charge in [-0.05, 0) is 37.6 Å². The van der Waals surface area contributed by atoms with Gasteiger partial charge in [0.05, 0.1) is 0 Å². The molecule has 1 heterocycles. The Morgan fingerprint density at radius 2 is 2.00 bits per heavy atom. The van der Waals surface area contributed by atoms with Crippen molar-refractivity contribution in [1.82, 2.24) is 10.2 Å². The smallest absolute Gasteiger partial charge is 0.276 e. The number of hydrogen-bond donors (Lipinski definition) is 2. The molecule has 1 aromatic carbocycles. The Morgan fingerprint density at radius 1 is 1.32 bits per heavy atom. The number of amides is 1. The largest absolute Gasteiger partial charge is 0.326 e. The number of nitrogens with one attached hydrogen (secondary N) is 1. The molecule has 19 heavy (non-hydrogen) atoms. The molecule has 5 heteroatoms. The van der Waals surface area contributed by atoms with Crippen LogP contribution in [0, 0.1) is 0 Å². The molecule has 0 aliphatic heterocycles. The van der Waals surface area contributed by atoms with Crippen LogP contribution in [0.15, 0.2) is 36.5 Å². The molecule has 2 rings (SSSR count). The minimum Gasteiger partial charge on any atom is -0.326 e. The van der Waals surface area contributed by atoms with E-state index in [1.807, 2.05) is 38.1 Å². The average molecular weight is 258 g/mol. The maximum absolute atomic E-state index is 12.4. The molecule has 2 aromatic rings. The van der Waals surface area contributed by atoms with Crippen LogP contribution in [0.25, 0.3) is 0 Å². The Morgan fingerprint density at radius 3 is 2.47 bits per heavy atom. The molecule has 1 amide bonds. The van der Waals surface area contributed by atoms with Crippen LogP contribution >= 0.6 is 0 Å². The fourth-order valence-electron chi connectivity index (χ4n) is 1.95. The minimum absolute atomic E-state index is 0.0551. The molecule has 0 spiro atoms. The summed E-state index contributed by atoms with van der Waals surface area (Å²) in [6.07, 6.45) is 1.57. The van der Waals surface area contributed by atoms with Crippen LogP contribution < -0.4 is 10.6 Å². The van der Waals surface area contributed by atoms with Gasteiger partial charge in [0, 0.05) is 24.5 Å². The van der Waals surface area contributed by atoms with E-state index in [0.29, 0.717) is 12.2 Å². The van der Waals surface area contributed by atoms with Gasteiger partial charge in [0.15, 0.2) is 0 Å². The number of anilines is 1. The fraction of sp³-hybridized carbons (Fsp3) is 0.286. The number of nitrogens with zero attached hydrogens (tertiary/aromatic N) is 2. The molecule has 0 saturated carbocycles. The Balaban J connectivity index is 2.31. The quantitative estimate of drug-likeness (QED) is 0.879. The number of rotatable bonds is 4. The van der Waals surface area contributed by atoms with Gasteiger partial charge < -0.3 is 10.6 Å². The molecule has 0 fully saturated rings. The van der Waals surface area contributed by atoms with Crippen molar-refractivity contribution in [3.63, 3.8) is 0 Å². The lowest BCUT2D eigenvalue weighted by atomic mass is 10.1. The van der Waals surface area contributed by atoms with Gasteiger partial charge >= 0.3 is 0 Å². The number of hydrogen-bond acceptors (Lipinski definition) is 3. The van der Waals surface area contributed by atoms with Crippen molar-refractivity contribution < 1.29 is 4.79 Å². The first-order valence-electron chi connectivity index (χ1n) is 6.25. The second-order valence-corrected chi connectivity index (χ2v) is 4.61. The number of aromatic nitrogens is 2. The second-order valence-electron chi connectivity index (χ2n) is 4.61. The van der Waals surface area contributed by atoms with Crippen molar-refractivity contribution in [3.05, 3.63) is 47.8 Å². The van der Waals surface area contributed by atoms with E-state index in [0.717, 1.165) is 11.3 Å². The second kappa shape index (κ2) is 5.67. The number of carbonyl (C=O) groups excluding carboxylic acids is 1. The zero-order valence-electron chi connectivity index (χ0n) is 11.1. The van der Waals surface area contributed by atoms with E-state index in [2.05, 4.69) is 10.2 Å². The zero-order chi connectivity index (χ0) is 13.8. The lowest BCUT2D eigenvalue weighted by molar-refractivity contribution is 0.0975. The van der Waals surface area contributed by atoms with Crippen molar-refractivity contribution in [3.8, 4) is 0 Å². The first kappa shape index (κ1) is 13.3. The molecule has 1 aromatic heterocycles.